The summed E-state index contributed by atoms with van der Waals surface area (Å²) in [6.07, 6.45) is 0. The van der Waals surface area contributed by atoms with Gasteiger partial charge in [0.25, 0.3) is 0 Å². The van der Waals surface area contributed by atoms with Crippen LogP contribution in [-0.4, -0.2) is 0 Å². The van der Waals surface area contributed by atoms with Crippen molar-refractivity contribution in [2.75, 3.05) is 0 Å². The molecule has 0 radical (unpaired) electrons. The first-order valence-electron chi connectivity index (χ1n) is 5.08. The van der Waals surface area contributed by atoms with E-state index in [1.165, 1.54) is 0 Å². The highest BCUT2D eigenvalue weighted by molar-refractivity contribution is 5.74. The molecule has 0 saturated carbocycles. The van der Waals surface area contributed by atoms with E-state index in [1.54, 1.807) is 48.5 Å². The van der Waals surface area contributed by atoms with Crippen molar-refractivity contribution < 1.29 is 13.3 Å². The van der Waals surface area contributed by atoms with Gasteiger partial charge in [0.05, 0.1) is 0 Å². The van der Waals surface area contributed by atoms with Crippen LogP contribution < -0.4 is 5.82 Å². The first-order valence-corrected chi connectivity index (χ1v) is 5.08. The summed E-state index contributed by atoms with van der Waals surface area (Å²) < 4.78 is 15.6. The molecule has 0 bridgehead atoms. The molecular weight excluding hydrogens is 220 g/mol. The molecule has 84 valence electrons. The molecule has 1 aromatic heterocycles. The second-order valence-electron chi connectivity index (χ2n) is 3.45. The van der Waals surface area contributed by atoms with Crippen molar-refractivity contribution >= 4 is 22.3 Å². The Balaban J connectivity index is 2.59. The van der Waals surface area contributed by atoms with Gasteiger partial charge in [0.1, 0.15) is 0 Å². The lowest BCUT2D eigenvalue weighted by Crippen LogP contribution is -1.92. The second-order valence-corrected chi connectivity index (χ2v) is 3.45. The van der Waals surface area contributed by atoms with E-state index >= 15 is 0 Å². The molecule has 3 aromatic rings. The van der Waals surface area contributed by atoms with Crippen LogP contribution in [0, 0.1) is 0 Å². The fourth-order valence-electron chi connectivity index (χ4n) is 1.56. The quantitative estimate of drug-likeness (QED) is 0.592. The zero-order chi connectivity index (χ0) is 11.7. The third kappa shape index (κ3) is 1.80. The third-order valence-corrected chi connectivity index (χ3v) is 2.30. The Kier molecular flexibility index (Phi) is 2.19. The highest BCUT2D eigenvalue weighted by Gasteiger charge is 1.99. The Morgan fingerprint density at radius 3 is 1.35 bits per heavy atom. The third-order valence-electron chi connectivity index (χ3n) is 2.30. The monoisotopic (exact) mass is 228 g/mol. The van der Waals surface area contributed by atoms with Crippen molar-refractivity contribution in [1.29, 1.82) is 0 Å². The predicted molar refractivity (Wildman–Crippen MR) is 62.2 cm³/mol. The second kappa shape index (κ2) is 3.83. The van der Waals surface area contributed by atoms with Gasteiger partial charge in [0, 0.05) is 0 Å². The predicted octanol–water partition coefficient (Wildman–Crippen LogP) is 3.26. The fourth-order valence-corrected chi connectivity index (χ4v) is 1.56. The minimum absolute atomic E-state index is 0.340. The lowest BCUT2D eigenvalue weighted by atomic mass is 10.3. The molecule has 3 rings (SSSR count). The number of hydrogen-bond donors (Lipinski definition) is 0. The Bertz CT molecular complexity index is 712. The van der Waals surface area contributed by atoms with Crippen LogP contribution in [0.1, 0.15) is 0 Å². The molecule has 0 fully saturated rings. The molecule has 4 heteroatoms. The Morgan fingerprint density at radius 1 is 0.588 bits per heavy atom. The SMILES string of the molecule is O=c1oc2ccccc2oc2ccccc2o1. The Hall–Kier alpha value is -2.49. The van der Waals surface area contributed by atoms with Gasteiger partial charge in [0.2, 0.25) is 0 Å². The standard InChI is InChI=1S/C13H8O4/c14-13-16-11-7-3-1-5-9(11)15-10-6-2-4-8-12(10)17-13/h1-8H. The average molecular weight is 228 g/mol. The van der Waals surface area contributed by atoms with E-state index in [-0.39, 0.29) is 0 Å². The molecule has 0 aliphatic carbocycles. The van der Waals surface area contributed by atoms with Crippen LogP contribution in [0.4, 0.5) is 0 Å². The van der Waals surface area contributed by atoms with E-state index in [4.69, 9.17) is 13.3 Å². The minimum atomic E-state index is -0.770. The normalized spacial score (nSPS) is 10.6. The van der Waals surface area contributed by atoms with Gasteiger partial charge in [0.15, 0.2) is 22.3 Å². The van der Waals surface area contributed by atoms with Gasteiger partial charge in [-0.25, -0.2) is 4.79 Å². The molecule has 0 aliphatic rings. The number of benzene rings is 2. The summed E-state index contributed by atoms with van der Waals surface area (Å²) in [4.78, 5) is 11.5. The topological polar surface area (TPSA) is 56.5 Å². The fraction of sp³-hybridized carbons (Fsp3) is 0. The number of fused-ring (bicyclic) bond motifs is 2. The maximum absolute atomic E-state index is 11.5. The maximum atomic E-state index is 11.5. The average Bonchev–Trinajstić information content (AvgIpc) is 2.31. The number of hydrogen-bond acceptors (Lipinski definition) is 4. The van der Waals surface area contributed by atoms with Crippen LogP contribution in [0.2, 0.25) is 0 Å². The van der Waals surface area contributed by atoms with Crippen LogP contribution in [0.3, 0.4) is 0 Å². The van der Waals surface area contributed by atoms with Crippen molar-refractivity contribution in [1.82, 2.24) is 0 Å². The lowest BCUT2D eigenvalue weighted by molar-refractivity contribution is 0.368. The van der Waals surface area contributed by atoms with E-state index < -0.39 is 5.82 Å². The van der Waals surface area contributed by atoms with Crippen molar-refractivity contribution in [3.63, 3.8) is 0 Å². The zero-order valence-electron chi connectivity index (χ0n) is 8.75. The van der Waals surface area contributed by atoms with E-state index in [2.05, 4.69) is 0 Å². The van der Waals surface area contributed by atoms with Gasteiger partial charge >= 0.3 is 5.82 Å². The highest BCUT2D eigenvalue weighted by atomic mass is 16.5. The van der Waals surface area contributed by atoms with E-state index in [0.717, 1.165) is 0 Å². The summed E-state index contributed by atoms with van der Waals surface area (Å²) in [5, 5.41) is 0. The molecule has 0 amide bonds. The van der Waals surface area contributed by atoms with Gasteiger partial charge in [-0.2, -0.15) is 0 Å². The molecular formula is C13H8O4. The van der Waals surface area contributed by atoms with Crippen LogP contribution >= 0.6 is 0 Å². The van der Waals surface area contributed by atoms with Crippen molar-refractivity contribution in [2.45, 2.75) is 0 Å². The van der Waals surface area contributed by atoms with Gasteiger partial charge in [-0.3, -0.25) is 0 Å². The summed E-state index contributed by atoms with van der Waals surface area (Å²) in [6.45, 7) is 0. The Morgan fingerprint density at radius 2 is 0.941 bits per heavy atom. The van der Waals surface area contributed by atoms with E-state index in [1.807, 2.05) is 0 Å². The molecule has 0 N–H and O–H groups in total. The van der Waals surface area contributed by atoms with E-state index in [0.29, 0.717) is 22.3 Å². The van der Waals surface area contributed by atoms with Gasteiger partial charge in [-0.05, 0) is 24.3 Å². The van der Waals surface area contributed by atoms with E-state index in [9.17, 15) is 4.79 Å². The molecule has 17 heavy (non-hydrogen) atoms. The smallest absolute Gasteiger partial charge is 0.450 e. The molecule has 0 aliphatic heterocycles. The summed E-state index contributed by atoms with van der Waals surface area (Å²) in [5.41, 5.74) is 1.65. The summed E-state index contributed by atoms with van der Waals surface area (Å²) in [5.74, 6) is -0.770. The summed E-state index contributed by atoms with van der Waals surface area (Å²) in [7, 11) is 0. The van der Waals surface area contributed by atoms with Crippen molar-refractivity contribution in [2.24, 2.45) is 0 Å². The summed E-state index contributed by atoms with van der Waals surface area (Å²) in [6, 6.07) is 13.9. The maximum Gasteiger partial charge on any atom is 0.519 e. The van der Waals surface area contributed by atoms with Gasteiger partial charge < -0.3 is 13.3 Å². The van der Waals surface area contributed by atoms with Gasteiger partial charge in [-0.15, -0.1) is 0 Å². The molecule has 1 heterocycles. The largest absolute Gasteiger partial charge is 0.519 e. The molecule has 2 aromatic carbocycles. The van der Waals surface area contributed by atoms with Gasteiger partial charge in [-0.1, -0.05) is 24.3 Å². The first-order chi connectivity index (χ1) is 8.33. The van der Waals surface area contributed by atoms with Crippen molar-refractivity contribution in [3.05, 3.63) is 59.1 Å². The van der Waals surface area contributed by atoms with Crippen molar-refractivity contribution in [3.8, 4) is 0 Å². The molecule has 0 saturated heterocycles. The number of rotatable bonds is 0. The molecule has 0 unspecified atom stereocenters. The van der Waals surface area contributed by atoms with Crippen LogP contribution in [-0.2, 0) is 0 Å². The number of para-hydroxylation sites is 4. The van der Waals surface area contributed by atoms with Crippen LogP contribution in [0.5, 0.6) is 0 Å². The minimum Gasteiger partial charge on any atom is -0.450 e. The first kappa shape index (κ1) is 9.72. The Labute approximate surface area is 95.4 Å². The molecule has 0 spiro atoms. The zero-order valence-corrected chi connectivity index (χ0v) is 8.75. The summed E-state index contributed by atoms with van der Waals surface area (Å²) >= 11 is 0. The lowest BCUT2D eigenvalue weighted by Gasteiger charge is -1.95. The molecule has 0 atom stereocenters. The highest BCUT2D eigenvalue weighted by Crippen LogP contribution is 2.16. The molecule has 4 nitrogen and oxygen atoms in total. The van der Waals surface area contributed by atoms with Crippen LogP contribution in [0.25, 0.3) is 22.3 Å². The van der Waals surface area contributed by atoms with Crippen LogP contribution in [0.15, 0.2) is 66.6 Å².